The molecule has 1 aliphatic heterocycles. The van der Waals surface area contributed by atoms with Gasteiger partial charge >= 0.3 is 5.97 Å². The molecular weight excluding hydrogens is 468 g/mol. The van der Waals surface area contributed by atoms with Crippen LogP contribution in [-0.2, 0) is 4.74 Å². The van der Waals surface area contributed by atoms with Crippen LogP contribution < -0.4 is 10.2 Å². The highest BCUT2D eigenvalue weighted by Gasteiger charge is 2.25. The molecule has 2 N–H and O–H groups in total. The number of rotatable bonds is 7. The summed E-state index contributed by atoms with van der Waals surface area (Å²) >= 11 is 0. The Hall–Kier alpha value is -4.11. The molecule has 0 aliphatic carbocycles. The zero-order chi connectivity index (χ0) is 26.6. The molecule has 0 amide bonds. The fourth-order valence-electron chi connectivity index (χ4n) is 3.71. The lowest BCUT2D eigenvalue weighted by molar-refractivity contribution is 0.0698. The zero-order valence-corrected chi connectivity index (χ0v) is 21.8. The topological polar surface area (TPSA) is 113 Å². The van der Waals surface area contributed by atoms with E-state index in [9.17, 15) is 9.90 Å². The Kier molecular flexibility index (Phi) is 10.3. The summed E-state index contributed by atoms with van der Waals surface area (Å²) in [5.74, 6) is -0.458. The zero-order valence-electron chi connectivity index (χ0n) is 21.8. The van der Waals surface area contributed by atoms with Gasteiger partial charge in [-0.1, -0.05) is 44.5 Å². The number of anilines is 3. The molecule has 1 aliphatic rings. The minimum Gasteiger partial charge on any atom is -0.477 e. The molecule has 0 bridgehead atoms. The van der Waals surface area contributed by atoms with E-state index in [0.717, 1.165) is 11.3 Å². The van der Waals surface area contributed by atoms with Crippen LogP contribution in [0.15, 0.2) is 65.9 Å². The fourth-order valence-corrected chi connectivity index (χ4v) is 3.71. The van der Waals surface area contributed by atoms with Crippen LogP contribution in [0.25, 0.3) is 11.3 Å². The number of morpholine rings is 1. The van der Waals surface area contributed by atoms with E-state index in [0.29, 0.717) is 49.2 Å². The Morgan fingerprint density at radius 1 is 1.16 bits per heavy atom. The van der Waals surface area contributed by atoms with E-state index in [1.54, 1.807) is 31.6 Å². The third-order valence-electron chi connectivity index (χ3n) is 5.35. The van der Waals surface area contributed by atoms with Crippen molar-refractivity contribution in [1.29, 1.82) is 0 Å². The van der Waals surface area contributed by atoms with E-state index < -0.39 is 5.97 Å². The number of pyridine rings is 1. The molecule has 37 heavy (non-hydrogen) atoms. The Balaban J connectivity index is 0.00000121. The summed E-state index contributed by atoms with van der Waals surface area (Å²) in [6.45, 7) is 8.53. The quantitative estimate of drug-likeness (QED) is 0.423. The Labute approximate surface area is 218 Å². The fraction of sp³-hybridized carbons (Fsp3) is 0.321. The molecule has 4 rings (SSSR count). The van der Waals surface area contributed by atoms with Gasteiger partial charge in [-0.05, 0) is 31.2 Å². The van der Waals surface area contributed by atoms with Crippen molar-refractivity contribution in [3.05, 3.63) is 72.1 Å². The van der Waals surface area contributed by atoms with Gasteiger partial charge in [0.05, 0.1) is 24.6 Å². The highest BCUT2D eigenvalue weighted by atomic mass is 16.5. The van der Waals surface area contributed by atoms with Crippen LogP contribution in [0.4, 0.5) is 17.5 Å². The first kappa shape index (κ1) is 27.5. The SMILES string of the molecule is C/C=C\C(=NC)c1cccc(-c2nc(N3CCOCC3)nc(Nc3ccncc3)c2C(=O)O)c1.CCC. The average molecular weight is 503 g/mol. The first-order chi connectivity index (χ1) is 18.0. The summed E-state index contributed by atoms with van der Waals surface area (Å²) in [5.41, 5.74) is 3.32. The van der Waals surface area contributed by atoms with Crippen LogP contribution in [0.3, 0.4) is 0 Å². The summed E-state index contributed by atoms with van der Waals surface area (Å²) < 4.78 is 5.47. The first-order valence-corrected chi connectivity index (χ1v) is 12.4. The molecule has 0 atom stereocenters. The van der Waals surface area contributed by atoms with Gasteiger partial charge in [0.25, 0.3) is 0 Å². The van der Waals surface area contributed by atoms with Crippen molar-refractivity contribution in [2.75, 3.05) is 43.6 Å². The average Bonchev–Trinajstić information content (AvgIpc) is 2.92. The summed E-state index contributed by atoms with van der Waals surface area (Å²) in [4.78, 5) is 32.2. The highest BCUT2D eigenvalue weighted by Crippen LogP contribution is 2.31. The van der Waals surface area contributed by atoms with Gasteiger partial charge in [-0.3, -0.25) is 9.98 Å². The number of benzene rings is 1. The van der Waals surface area contributed by atoms with Crippen LogP contribution in [0, 0.1) is 0 Å². The number of nitrogens with zero attached hydrogens (tertiary/aromatic N) is 5. The highest BCUT2D eigenvalue weighted by molar-refractivity contribution is 6.09. The lowest BCUT2D eigenvalue weighted by Crippen LogP contribution is -2.37. The molecular formula is C28H34N6O3. The van der Waals surface area contributed by atoms with Crippen molar-refractivity contribution in [3.63, 3.8) is 0 Å². The number of aromatic carboxylic acids is 1. The smallest absolute Gasteiger partial charge is 0.341 e. The Bertz CT molecular complexity index is 1240. The van der Waals surface area contributed by atoms with Gasteiger partial charge in [-0.2, -0.15) is 4.98 Å². The maximum Gasteiger partial charge on any atom is 0.341 e. The number of hydrogen-bond donors (Lipinski definition) is 2. The van der Waals surface area contributed by atoms with Gasteiger partial charge in [-0.25, -0.2) is 9.78 Å². The number of aliphatic imine (C=N–C) groups is 1. The van der Waals surface area contributed by atoms with Crippen LogP contribution in [0.5, 0.6) is 0 Å². The van der Waals surface area contributed by atoms with E-state index in [1.165, 1.54) is 6.42 Å². The molecule has 0 saturated carbocycles. The molecule has 3 heterocycles. The molecule has 9 nitrogen and oxygen atoms in total. The normalized spacial score (nSPS) is 13.7. The maximum atomic E-state index is 12.5. The third-order valence-corrected chi connectivity index (χ3v) is 5.35. The first-order valence-electron chi connectivity index (χ1n) is 12.4. The van der Waals surface area contributed by atoms with Gasteiger partial charge < -0.3 is 20.1 Å². The van der Waals surface area contributed by atoms with Crippen LogP contribution in [0.1, 0.15) is 43.1 Å². The number of aromatic nitrogens is 3. The molecule has 1 saturated heterocycles. The molecule has 1 fully saturated rings. The molecule has 194 valence electrons. The van der Waals surface area contributed by atoms with E-state index in [1.807, 2.05) is 48.2 Å². The van der Waals surface area contributed by atoms with E-state index in [2.05, 4.69) is 34.1 Å². The largest absolute Gasteiger partial charge is 0.477 e. The number of nitrogens with one attached hydrogen (secondary N) is 1. The van der Waals surface area contributed by atoms with Gasteiger partial charge in [0.1, 0.15) is 5.56 Å². The molecule has 1 aromatic carbocycles. The predicted octanol–water partition coefficient (Wildman–Crippen LogP) is 5.23. The Morgan fingerprint density at radius 2 is 1.86 bits per heavy atom. The standard InChI is InChI=1S/C25H26N6O3.C3H8/c1-3-5-20(26-2)17-6-4-7-18(16-17)22-21(24(32)33)23(28-19-8-10-27-11-9-19)30-25(29-22)31-12-14-34-15-13-31;1-3-2/h3-11,16H,12-15H2,1-2H3,(H,32,33)(H,27,28,29,30);3H2,1-2H3/b5-3-,26-20?;. The molecule has 2 aromatic heterocycles. The number of carboxylic acid groups (broad SMARTS) is 1. The van der Waals surface area contributed by atoms with Crippen LogP contribution >= 0.6 is 0 Å². The van der Waals surface area contributed by atoms with E-state index >= 15 is 0 Å². The molecule has 0 spiro atoms. The van der Waals surface area contributed by atoms with Crippen molar-refractivity contribution in [3.8, 4) is 11.3 Å². The second-order valence-corrected chi connectivity index (χ2v) is 8.26. The van der Waals surface area contributed by atoms with Crippen molar-refractivity contribution in [2.24, 2.45) is 4.99 Å². The minimum absolute atomic E-state index is 0.00741. The van der Waals surface area contributed by atoms with Crippen molar-refractivity contribution in [1.82, 2.24) is 15.0 Å². The number of ether oxygens (including phenoxy) is 1. The lowest BCUT2D eigenvalue weighted by Gasteiger charge is -2.28. The monoisotopic (exact) mass is 502 g/mol. The number of hydrogen-bond acceptors (Lipinski definition) is 8. The summed E-state index contributed by atoms with van der Waals surface area (Å²) in [5, 5.41) is 13.3. The van der Waals surface area contributed by atoms with Gasteiger partial charge in [0, 0.05) is 49.3 Å². The summed E-state index contributed by atoms with van der Waals surface area (Å²) in [6.07, 6.45) is 8.33. The maximum absolute atomic E-state index is 12.5. The van der Waals surface area contributed by atoms with E-state index in [-0.39, 0.29) is 11.4 Å². The predicted molar refractivity (Wildman–Crippen MR) is 148 cm³/mol. The Morgan fingerprint density at radius 3 is 2.49 bits per heavy atom. The van der Waals surface area contributed by atoms with E-state index in [4.69, 9.17) is 9.72 Å². The van der Waals surface area contributed by atoms with Crippen LogP contribution in [0.2, 0.25) is 0 Å². The van der Waals surface area contributed by atoms with Gasteiger partial charge in [0.15, 0.2) is 5.82 Å². The van der Waals surface area contributed by atoms with Gasteiger partial charge in [-0.15, -0.1) is 0 Å². The molecule has 3 aromatic rings. The summed E-state index contributed by atoms with van der Waals surface area (Å²) in [6, 6.07) is 11.1. The lowest BCUT2D eigenvalue weighted by atomic mass is 10.0. The second kappa shape index (κ2) is 13.8. The second-order valence-electron chi connectivity index (χ2n) is 8.26. The third kappa shape index (κ3) is 7.20. The van der Waals surface area contributed by atoms with Crippen molar-refractivity contribution >= 4 is 29.1 Å². The molecule has 0 unspecified atom stereocenters. The minimum atomic E-state index is -1.12. The summed E-state index contributed by atoms with van der Waals surface area (Å²) in [7, 11) is 1.72. The molecule has 9 heteroatoms. The van der Waals surface area contributed by atoms with Crippen molar-refractivity contribution in [2.45, 2.75) is 27.2 Å². The number of carbonyl (C=O) groups is 1. The number of carboxylic acids is 1. The number of allylic oxidation sites excluding steroid dienone is 2. The van der Waals surface area contributed by atoms with Gasteiger partial charge in [0.2, 0.25) is 5.95 Å². The van der Waals surface area contributed by atoms with Crippen molar-refractivity contribution < 1.29 is 14.6 Å². The van der Waals surface area contributed by atoms with Crippen LogP contribution in [-0.4, -0.2) is 65.1 Å². The molecule has 0 radical (unpaired) electrons.